The zero-order valence-electron chi connectivity index (χ0n) is 9.51. The molecule has 80 valence electrons. The van der Waals surface area contributed by atoms with E-state index in [2.05, 4.69) is 19.8 Å². The Kier molecular flexibility index (Phi) is 8.33. The van der Waals surface area contributed by atoms with Crippen LogP contribution in [0.15, 0.2) is 0 Å². The summed E-state index contributed by atoms with van der Waals surface area (Å²) in [5, 5.41) is 0. The SMILES string of the molecule is C#CCCCC(=O)C(CC)CCCC. The molecule has 1 nitrogen and oxygen atoms in total. The first-order valence-electron chi connectivity index (χ1n) is 5.72. The standard InChI is InChI=1S/C13H22O/c1-4-7-9-11-13(14)12(6-3)10-8-5-2/h1,12H,5-11H2,2-3H3. The van der Waals surface area contributed by atoms with Gasteiger partial charge in [0, 0.05) is 18.8 Å². The average Bonchev–Trinajstić information content (AvgIpc) is 2.19. The summed E-state index contributed by atoms with van der Waals surface area (Å²) >= 11 is 0. The highest BCUT2D eigenvalue weighted by atomic mass is 16.1. The lowest BCUT2D eigenvalue weighted by Gasteiger charge is -2.12. The van der Waals surface area contributed by atoms with Crippen molar-refractivity contribution in [1.82, 2.24) is 0 Å². The van der Waals surface area contributed by atoms with Crippen molar-refractivity contribution in [2.45, 2.75) is 58.8 Å². The van der Waals surface area contributed by atoms with Crippen LogP contribution in [0.5, 0.6) is 0 Å². The predicted octanol–water partition coefficient (Wildman–Crippen LogP) is 3.58. The highest BCUT2D eigenvalue weighted by Gasteiger charge is 2.14. The average molecular weight is 194 g/mol. The van der Waals surface area contributed by atoms with E-state index in [0.717, 1.165) is 25.7 Å². The van der Waals surface area contributed by atoms with E-state index in [9.17, 15) is 4.79 Å². The van der Waals surface area contributed by atoms with Gasteiger partial charge in [0.15, 0.2) is 0 Å². The van der Waals surface area contributed by atoms with Gasteiger partial charge in [0.2, 0.25) is 0 Å². The van der Waals surface area contributed by atoms with Crippen molar-refractivity contribution in [2.24, 2.45) is 5.92 Å². The molecule has 1 heteroatoms. The number of carbonyl (C=O) groups is 1. The molecule has 0 saturated heterocycles. The smallest absolute Gasteiger partial charge is 0.135 e. The summed E-state index contributed by atoms with van der Waals surface area (Å²) in [7, 11) is 0. The van der Waals surface area contributed by atoms with Gasteiger partial charge in [-0.3, -0.25) is 4.79 Å². The van der Waals surface area contributed by atoms with E-state index in [1.165, 1.54) is 12.8 Å². The van der Waals surface area contributed by atoms with Gasteiger partial charge in [-0.1, -0.05) is 26.7 Å². The van der Waals surface area contributed by atoms with E-state index in [-0.39, 0.29) is 5.92 Å². The van der Waals surface area contributed by atoms with Gasteiger partial charge in [-0.2, -0.15) is 0 Å². The van der Waals surface area contributed by atoms with Crippen molar-refractivity contribution in [3.8, 4) is 12.3 Å². The fourth-order valence-electron chi connectivity index (χ4n) is 1.61. The maximum absolute atomic E-state index is 11.7. The minimum Gasteiger partial charge on any atom is -0.299 e. The third-order valence-corrected chi connectivity index (χ3v) is 2.60. The highest BCUT2D eigenvalue weighted by Crippen LogP contribution is 2.16. The van der Waals surface area contributed by atoms with Gasteiger partial charge in [-0.25, -0.2) is 0 Å². The van der Waals surface area contributed by atoms with E-state index >= 15 is 0 Å². The van der Waals surface area contributed by atoms with Crippen LogP contribution in [0.2, 0.25) is 0 Å². The van der Waals surface area contributed by atoms with Gasteiger partial charge >= 0.3 is 0 Å². The molecular weight excluding hydrogens is 172 g/mol. The molecule has 1 atom stereocenters. The van der Waals surface area contributed by atoms with E-state index in [1.807, 2.05) is 0 Å². The number of unbranched alkanes of at least 4 members (excludes halogenated alkanes) is 2. The normalized spacial score (nSPS) is 12.1. The van der Waals surface area contributed by atoms with Gasteiger partial charge in [0.1, 0.15) is 5.78 Å². The third-order valence-electron chi connectivity index (χ3n) is 2.60. The lowest BCUT2D eigenvalue weighted by atomic mass is 9.92. The van der Waals surface area contributed by atoms with Gasteiger partial charge < -0.3 is 0 Å². The molecule has 0 spiro atoms. The summed E-state index contributed by atoms with van der Waals surface area (Å²) in [6, 6.07) is 0. The Morgan fingerprint density at radius 3 is 2.57 bits per heavy atom. The Labute approximate surface area is 88.3 Å². The number of ketones is 1. The number of hydrogen-bond donors (Lipinski definition) is 0. The lowest BCUT2D eigenvalue weighted by molar-refractivity contribution is -0.123. The molecule has 0 aromatic rings. The van der Waals surface area contributed by atoms with Crippen LogP contribution in [0.4, 0.5) is 0 Å². The molecule has 0 radical (unpaired) electrons. The zero-order chi connectivity index (χ0) is 10.8. The van der Waals surface area contributed by atoms with Crippen LogP contribution in [0.25, 0.3) is 0 Å². The Balaban J connectivity index is 3.74. The maximum Gasteiger partial charge on any atom is 0.135 e. The molecule has 1 unspecified atom stereocenters. The van der Waals surface area contributed by atoms with Crippen LogP contribution >= 0.6 is 0 Å². The minimum absolute atomic E-state index is 0.285. The van der Waals surface area contributed by atoms with Gasteiger partial charge in [-0.05, 0) is 19.3 Å². The topological polar surface area (TPSA) is 17.1 Å². The summed E-state index contributed by atoms with van der Waals surface area (Å²) in [5.74, 6) is 3.27. The van der Waals surface area contributed by atoms with Crippen LogP contribution in [0, 0.1) is 18.3 Å². The molecule has 0 aliphatic carbocycles. The Hall–Kier alpha value is -0.770. The van der Waals surface area contributed by atoms with Crippen molar-refractivity contribution in [3.63, 3.8) is 0 Å². The molecule has 0 N–H and O–H groups in total. The monoisotopic (exact) mass is 194 g/mol. The summed E-state index contributed by atoms with van der Waals surface area (Å²) < 4.78 is 0. The zero-order valence-corrected chi connectivity index (χ0v) is 9.51. The van der Waals surface area contributed by atoms with Crippen LogP contribution in [-0.2, 0) is 4.79 Å². The molecule has 0 saturated carbocycles. The van der Waals surface area contributed by atoms with Crippen LogP contribution in [-0.4, -0.2) is 5.78 Å². The largest absolute Gasteiger partial charge is 0.299 e. The number of hydrogen-bond acceptors (Lipinski definition) is 1. The summed E-state index contributed by atoms with van der Waals surface area (Å²) in [6.07, 6.45) is 11.8. The Morgan fingerprint density at radius 2 is 2.07 bits per heavy atom. The van der Waals surface area contributed by atoms with Crippen LogP contribution in [0.1, 0.15) is 58.8 Å². The predicted molar refractivity (Wildman–Crippen MR) is 61.0 cm³/mol. The molecule has 0 aromatic heterocycles. The summed E-state index contributed by atoms with van der Waals surface area (Å²) in [6.45, 7) is 4.26. The van der Waals surface area contributed by atoms with Gasteiger partial charge in [0.25, 0.3) is 0 Å². The van der Waals surface area contributed by atoms with E-state index in [1.54, 1.807) is 0 Å². The lowest BCUT2D eigenvalue weighted by Crippen LogP contribution is -2.13. The maximum atomic E-state index is 11.7. The molecular formula is C13H22O. The fourth-order valence-corrected chi connectivity index (χ4v) is 1.61. The van der Waals surface area contributed by atoms with E-state index in [0.29, 0.717) is 12.2 Å². The first kappa shape index (κ1) is 13.2. The van der Waals surface area contributed by atoms with Crippen molar-refractivity contribution in [1.29, 1.82) is 0 Å². The summed E-state index contributed by atoms with van der Waals surface area (Å²) in [4.78, 5) is 11.7. The highest BCUT2D eigenvalue weighted by molar-refractivity contribution is 5.80. The van der Waals surface area contributed by atoms with Crippen molar-refractivity contribution >= 4 is 5.78 Å². The van der Waals surface area contributed by atoms with Crippen LogP contribution < -0.4 is 0 Å². The van der Waals surface area contributed by atoms with Crippen molar-refractivity contribution < 1.29 is 4.79 Å². The minimum atomic E-state index is 0.285. The number of rotatable bonds is 8. The summed E-state index contributed by atoms with van der Waals surface area (Å²) in [5.41, 5.74) is 0. The molecule has 14 heavy (non-hydrogen) atoms. The first-order valence-corrected chi connectivity index (χ1v) is 5.72. The number of Topliss-reactive ketones (excluding diaryl/α,β-unsaturated/α-hetero) is 1. The van der Waals surface area contributed by atoms with E-state index < -0.39 is 0 Å². The molecule has 0 aliphatic rings. The van der Waals surface area contributed by atoms with Crippen LogP contribution in [0.3, 0.4) is 0 Å². The molecule has 0 fully saturated rings. The fraction of sp³-hybridized carbons (Fsp3) is 0.769. The van der Waals surface area contributed by atoms with Gasteiger partial charge in [0.05, 0.1) is 0 Å². The molecule has 0 amide bonds. The second kappa shape index (κ2) is 8.81. The van der Waals surface area contributed by atoms with Crippen molar-refractivity contribution in [2.75, 3.05) is 0 Å². The van der Waals surface area contributed by atoms with E-state index in [4.69, 9.17) is 6.42 Å². The molecule has 0 aliphatic heterocycles. The Bertz CT molecular complexity index is 188. The quantitative estimate of drug-likeness (QED) is 0.426. The van der Waals surface area contributed by atoms with Gasteiger partial charge in [-0.15, -0.1) is 12.3 Å². The Morgan fingerprint density at radius 1 is 1.36 bits per heavy atom. The van der Waals surface area contributed by atoms with Crippen molar-refractivity contribution in [3.05, 3.63) is 0 Å². The molecule has 0 heterocycles. The third kappa shape index (κ3) is 5.80. The second-order valence-corrected chi connectivity index (χ2v) is 3.77. The molecule has 0 aromatic carbocycles. The molecule has 0 rings (SSSR count). The number of terminal acetylenes is 1. The molecule has 0 bridgehead atoms. The second-order valence-electron chi connectivity index (χ2n) is 3.77. The first-order chi connectivity index (χ1) is 6.76. The number of carbonyl (C=O) groups excluding carboxylic acids is 1.